The Hall–Kier alpha value is -2.04. The van der Waals surface area contributed by atoms with Gasteiger partial charge in [-0.05, 0) is 70.1 Å². The molecular weight excluding hydrogens is 340 g/mol. The zero-order valence-corrected chi connectivity index (χ0v) is 17.0. The summed E-state index contributed by atoms with van der Waals surface area (Å²) in [6.45, 7) is 7.98. The normalized spacial score (nSPS) is 24.0. The van der Waals surface area contributed by atoms with Gasteiger partial charge in [0.1, 0.15) is 0 Å². The summed E-state index contributed by atoms with van der Waals surface area (Å²) >= 11 is 0. The molecule has 2 aliphatic rings. The number of ether oxygens (including phenoxy) is 1. The minimum absolute atomic E-state index is 0.191. The van der Waals surface area contributed by atoms with E-state index in [1.54, 1.807) is 13.0 Å². The lowest BCUT2D eigenvalue weighted by Crippen LogP contribution is -2.45. The van der Waals surface area contributed by atoms with Gasteiger partial charge in [0, 0.05) is 29.5 Å². The van der Waals surface area contributed by atoms with Crippen molar-refractivity contribution in [3.63, 3.8) is 0 Å². The largest absolute Gasteiger partial charge is 0.449 e. The van der Waals surface area contributed by atoms with Crippen LogP contribution in [0, 0.1) is 19.8 Å². The maximum absolute atomic E-state index is 12.3. The molecule has 2 saturated carbocycles. The molecule has 0 aromatic carbocycles. The van der Waals surface area contributed by atoms with Crippen molar-refractivity contribution >= 4 is 18.0 Å². The minimum atomic E-state index is -0.782. The van der Waals surface area contributed by atoms with Crippen molar-refractivity contribution in [3.05, 3.63) is 29.1 Å². The van der Waals surface area contributed by atoms with Crippen LogP contribution in [0.15, 0.2) is 12.1 Å². The van der Waals surface area contributed by atoms with Crippen LogP contribution in [-0.2, 0) is 14.3 Å². The number of nitrogens with zero attached hydrogens (tertiary/aromatic N) is 1. The van der Waals surface area contributed by atoms with Gasteiger partial charge in [-0.15, -0.1) is 0 Å². The second-order valence-corrected chi connectivity index (χ2v) is 8.22. The number of hydrogen-bond donors (Lipinski definition) is 1. The van der Waals surface area contributed by atoms with Crippen molar-refractivity contribution in [1.29, 1.82) is 0 Å². The number of aryl methyl sites for hydroxylation is 1. The third-order valence-electron chi connectivity index (χ3n) is 5.94. The fraction of sp³-hybridized carbons (Fsp3) is 0.636. The first-order chi connectivity index (χ1) is 12.9. The molecule has 148 valence electrons. The summed E-state index contributed by atoms with van der Waals surface area (Å²) in [6, 6.07) is 2.90. The Bertz CT molecular complexity index is 730. The summed E-state index contributed by atoms with van der Waals surface area (Å²) in [4.78, 5) is 24.5. The maximum atomic E-state index is 12.3. The van der Waals surface area contributed by atoms with Crippen LogP contribution in [0.3, 0.4) is 0 Å². The Balaban J connectivity index is 1.53. The van der Waals surface area contributed by atoms with Crippen LogP contribution in [0.5, 0.6) is 0 Å². The van der Waals surface area contributed by atoms with Crippen LogP contribution in [0.4, 0.5) is 0 Å². The van der Waals surface area contributed by atoms with Crippen LogP contribution >= 0.6 is 0 Å². The SMILES string of the molecule is Cc1cc(/C=C/C(=O)O[C@H](C)C(=O)N[C@H]2CCCC[C@@H]2C)c(C)n1C1CC1. The Kier molecular flexibility index (Phi) is 6.08. The summed E-state index contributed by atoms with van der Waals surface area (Å²) in [6.07, 6.45) is 9.40. The number of carbonyl (C=O) groups excluding carboxylic acids is 2. The van der Waals surface area contributed by atoms with Gasteiger partial charge in [-0.25, -0.2) is 4.79 Å². The molecule has 5 nitrogen and oxygen atoms in total. The summed E-state index contributed by atoms with van der Waals surface area (Å²) < 4.78 is 7.64. The van der Waals surface area contributed by atoms with Crippen LogP contribution in [0.1, 0.15) is 75.4 Å². The molecule has 27 heavy (non-hydrogen) atoms. The van der Waals surface area contributed by atoms with Crippen molar-refractivity contribution in [2.24, 2.45) is 5.92 Å². The third-order valence-corrected chi connectivity index (χ3v) is 5.94. The van der Waals surface area contributed by atoms with Gasteiger partial charge >= 0.3 is 5.97 Å². The van der Waals surface area contributed by atoms with Crippen molar-refractivity contribution in [1.82, 2.24) is 9.88 Å². The number of aromatic nitrogens is 1. The Morgan fingerprint density at radius 3 is 2.59 bits per heavy atom. The minimum Gasteiger partial charge on any atom is -0.449 e. The maximum Gasteiger partial charge on any atom is 0.331 e. The van der Waals surface area contributed by atoms with Crippen LogP contribution in [-0.4, -0.2) is 28.6 Å². The first-order valence-electron chi connectivity index (χ1n) is 10.2. The highest BCUT2D eigenvalue weighted by atomic mass is 16.5. The molecule has 1 aromatic heterocycles. The molecule has 5 heteroatoms. The molecule has 0 aliphatic heterocycles. The topological polar surface area (TPSA) is 60.3 Å². The monoisotopic (exact) mass is 372 g/mol. The second kappa shape index (κ2) is 8.32. The number of esters is 1. The fourth-order valence-corrected chi connectivity index (χ4v) is 4.12. The molecule has 0 radical (unpaired) electrons. The number of nitrogens with one attached hydrogen (secondary N) is 1. The molecule has 0 unspecified atom stereocenters. The lowest BCUT2D eigenvalue weighted by molar-refractivity contribution is -0.150. The first kappa shape index (κ1) is 19.7. The first-order valence-corrected chi connectivity index (χ1v) is 10.2. The predicted octanol–water partition coefficient (Wildman–Crippen LogP) is 4.08. The zero-order valence-electron chi connectivity index (χ0n) is 17.0. The molecule has 0 spiro atoms. The fourth-order valence-electron chi connectivity index (χ4n) is 4.12. The third kappa shape index (κ3) is 4.82. The van der Waals surface area contributed by atoms with Crippen LogP contribution in [0.25, 0.3) is 6.08 Å². The Morgan fingerprint density at radius 1 is 1.22 bits per heavy atom. The molecule has 1 amide bonds. The summed E-state index contributed by atoms with van der Waals surface area (Å²) in [5.41, 5.74) is 3.43. The average molecular weight is 373 g/mol. The van der Waals surface area contributed by atoms with Gasteiger partial charge in [-0.3, -0.25) is 4.79 Å². The van der Waals surface area contributed by atoms with E-state index in [1.807, 2.05) is 0 Å². The van der Waals surface area contributed by atoms with E-state index in [1.165, 1.54) is 36.7 Å². The van der Waals surface area contributed by atoms with E-state index in [4.69, 9.17) is 4.74 Å². The zero-order chi connectivity index (χ0) is 19.6. The number of carbonyl (C=O) groups is 2. The molecule has 0 bridgehead atoms. The Labute approximate surface area is 162 Å². The van der Waals surface area contributed by atoms with Gasteiger partial charge in [0.25, 0.3) is 5.91 Å². The lowest BCUT2D eigenvalue weighted by atomic mass is 9.86. The molecule has 2 fully saturated rings. The predicted molar refractivity (Wildman–Crippen MR) is 106 cm³/mol. The van der Waals surface area contributed by atoms with E-state index in [2.05, 4.69) is 36.7 Å². The molecular formula is C22H32N2O3. The summed E-state index contributed by atoms with van der Waals surface area (Å²) in [5, 5.41) is 3.04. The molecule has 3 atom stereocenters. The van der Waals surface area contributed by atoms with E-state index in [9.17, 15) is 9.59 Å². The van der Waals surface area contributed by atoms with E-state index in [0.29, 0.717) is 12.0 Å². The molecule has 0 saturated heterocycles. The van der Waals surface area contributed by atoms with Crippen LogP contribution in [0.2, 0.25) is 0 Å². The van der Waals surface area contributed by atoms with E-state index < -0.39 is 12.1 Å². The van der Waals surface area contributed by atoms with Crippen molar-refractivity contribution in [2.45, 2.75) is 84.4 Å². The average Bonchev–Trinajstić information content (AvgIpc) is 3.41. The van der Waals surface area contributed by atoms with Gasteiger partial charge in [0.2, 0.25) is 0 Å². The molecule has 1 heterocycles. The highest BCUT2D eigenvalue weighted by Gasteiger charge is 2.27. The molecule has 1 aromatic rings. The van der Waals surface area contributed by atoms with Gasteiger partial charge < -0.3 is 14.6 Å². The number of amides is 1. The van der Waals surface area contributed by atoms with E-state index in [-0.39, 0.29) is 11.9 Å². The van der Waals surface area contributed by atoms with Gasteiger partial charge in [-0.2, -0.15) is 0 Å². The molecule has 1 N–H and O–H groups in total. The standard InChI is InChI=1S/C22H32N2O3/c1-14-7-5-6-8-20(14)23-22(26)17(4)27-21(25)12-9-18-13-15(2)24(16(18)3)19-10-11-19/h9,12-14,17,19-20H,5-8,10-11H2,1-4H3,(H,23,26)/b12-9+/t14-,17+,20-/m0/s1. The quantitative estimate of drug-likeness (QED) is 0.605. The summed E-state index contributed by atoms with van der Waals surface area (Å²) in [7, 11) is 0. The smallest absolute Gasteiger partial charge is 0.331 e. The molecule has 2 aliphatic carbocycles. The second-order valence-electron chi connectivity index (χ2n) is 8.22. The Morgan fingerprint density at radius 2 is 1.93 bits per heavy atom. The van der Waals surface area contributed by atoms with Crippen molar-refractivity contribution in [2.75, 3.05) is 0 Å². The number of hydrogen-bond acceptors (Lipinski definition) is 3. The lowest BCUT2D eigenvalue weighted by Gasteiger charge is -2.30. The highest BCUT2D eigenvalue weighted by Crippen LogP contribution is 2.38. The van der Waals surface area contributed by atoms with Crippen molar-refractivity contribution in [3.8, 4) is 0 Å². The van der Waals surface area contributed by atoms with E-state index >= 15 is 0 Å². The van der Waals surface area contributed by atoms with Crippen molar-refractivity contribution < 1.29 is 14.3 Å². The van der Waals surface area contributed by atoms with Crippen LogP contribution < -0.4 is 5.32 Å². The highest BCUT2D eigenvalue weighted by molar-refractivity contribution is 5.90. The van der Waals surface area contributed by atoms with E-state index in [0.717, 1.165) is 24.8 Å². The van der Waals surface area contributed by atoms with Gasteiger partial charge in [-0.1, -0.05) is 19.8 Å². The van der Waals surface area contributed by atoms with Gasteiger partial charge in [0.15, 0.2) is 6.10 Å². The molecule has 3 rings (SSSR count). The van der Waals surface area contributed by atoms with Gasteiger partial charge in [0.05, 0.1) is 0 Å². The number of rotatable bonds is 6. The summed E-state index contributed by atoms with van der Waals surface area (Å²) in [5.74, 6) is -0.208.